The molecule has 0 saturated carbocycles. The summed E-state index contributed by atoms with van der Waals surface area (Å²) >= 11 is 0. The molecule has 2 rings (SSSR count). The highest BCUT2D eigenvalue weighted by Crippen LogP contribution is 2.12. The molecule has 0 saturated heterocycles. The second-order valence-corrected chi connectivity index (χ2v) is 2.71. The van der Waals surface area contributed by atoms with Crippen LogP contribution in [0.2, 0.25) is 0 Å². The number of para-hydroxylation sites is 2. The van der Waals surface area contributed by atoms with Gasteiger partial charge in [-0.15, -0.1) is 0 Å². The van der Waals surface area contributed by atoms with Crippen molar-refractivity contribution < 1.29 is 0 Å². The molecule has 0 aliphatic carbocycles. The fraction of sp³-hybridized carbons (Fsp3) is 0.462. The minimum atomic E-state index is 1.06. The van der Waals surface area contributed by atoms with Crippen molar-refractivity contribution in [2.75, 3.05) is 0 Å². The van der Waals surface area contributed by atoms with Crippen LogP contribution in [0.15, 0.2) is 24.3 Å². The van der Waals surface area contributed by atoms with E-state index in [2.05, 4.69) is 15.6 Å². The van der Waals surface area contributed by atoms with E-state index in [-0.39, 0.29) is 0 Å². The minimum Gasteiger partial charge on any atom is -0.331 e. The third-order valence-electron chi connectivity index (χ3n) is 2.01. The molecule has 1 aromatic heterocycles. The number of rotatable bonds is 0. The largest absolute Gasteiger partial charge is 0.331 e. The molecule has 0 amide bonds. The van der Waals surface area contributed by atoms with Gasteiger partial charge < -0.3 is 4.57 Å². The monoisotopic (exact) mass is 206 g/mol. The molecule has 2 heteroatoms. The highest BCUT2D eigenvalue weighted by Gasteiger charge is 2.00. The van der Waals surface area contributed by atoms with Crippen molar-refractivity contribution in [3.63, 3.8) is 0 Å². The quantitative estimate of drug-likeness (QED) is 0.638. The van der Waals surface area contributed by atoms with Crippen LogP contribution in [0.1, 0.15) is 33.5 Å². The first kappa shape index (κ1) is 13.7. The molecule has 0 atom stereocenters. The number of imidazole rings is 1. The van der Waals surface area contributed by atoms with Crippen LogP contribution in [0.25, 0.3) is 11.0 Å². The number of aromatic nitrogens is 2. The Morgan fingerprint density at radius 2 is 1.53 bits per heavy atom. The lowest BCUT2D eigenvalue weighted by atomic mass is 10.3. The standard InChI is InChI=1S/C9H10N2.2C2H6/c1-7-10-8-5-3-4-6-9(8)11(7)2;2*1-2/h3-6H,1-2H3;2*1-2H3. The summed E-state index contributed by atoms with van der Waals surface area (Å²) in [6.07, 6.45) is 0. The summed E-state index contributed by atoms with van der Waals surface area (Å²) < 4.78 is 2.09. The number of hydrogen-bond acceptors (Lipinski definition) is 1. The molecular formula is C13H22N2. The second-order valence-electron chi connectivity index (χ2n) is 2.71. The predicted molar refractivity (Wildman–Crippen MR) is 68.1 cm³/mol. The van der Waals surface area contributed by atoms with E-state index in [0.717, 1.165) is 11.3 Å². The Balaban J connectivity index is 0.000000442. The summed E-state index contributed by atoms with van der Waals surface area (Å²) in [5.74, 6) is 1.06. The normalized spacial score (nSPS) is 8.67. The molecule has 0 bridgehead atoms. The highest BCUT2D eigenvalue weighted by atomic mass is 15.0. The highest BCUT2D eigenvalue weighted by molar-refractivity contribution is 5.75. The van der Waals surface area contributed by atoms with Crippen LogP contribution in [0.3, 0.4) is 0 Å². The summed E-state index contributed by atoms with van der Waals surface area (Å²) in [4.78, 5) is 4.38. The van der Waals surface area contributed by atoms with E-state index in [0.29, 0.717) is 0 Å². The topological polar surface area (TPSA) is 17.8 Å². The van der Waals surface area contributed by atoms with Crippen LogP contribution in [-0.4, -0.2) is 9.55 Å². The van der Waals surface area contributed by atoms with Gasteiger partial charge in [0.15, 0.2) is 0 Å². The maximum absolute atomic E-state index is 4.38. The van der Waals surface area contributed by atoms with E-state index in [1.54, 1.807) is 0 Å². The Labute approximate surface area is 93.0 Å². The fourth-order valence-electron chi connectivity index (χ4n) is 1.27. The predicted octanol–water partition coefficient (Wildman–Crippen LogP) is 3.93. The molecule has 84 valence electrons. The summed E-state index contributed by atoms with van der Waals surface area (Å²) in [6.45, 7) is 10.0. The van der Waals surface area contributed by atoms with E-state index in [9.17, 15) is 0 Å². The van der Waals surface area contributed by atoms with Crippen molar-refractivity contribution in [2.45, 2.75) is 34.6 Å². The van der Waals surface area contributed by atoms with Gasteiger partial charge in [-0.2, -0.15) is 0 Å². The van der Waals surface area contributed by atoms with Crippen molar-refractivity contribution in [1.82, 2.24) is 9.55 Å². The van der Waals surface area contributed by atoms with Crippen molar-refractivity contribution in [3.8, 4) is 0 Å². The van der Waals surface area contributed by atoms with Gasteiger partial charge in [0.2, 0.25) is 0 Å². The summed E-state index contributed by atoms with van der Waals surface area (Å²) in [7, 11) is 2.03. The molecule has 0 unspecified atom stereocenters. The first-order valence-corrected chi connectivity index (χ1v) is 5.67. The fourth-order valence-corrected chi connectivity index (χ4v) is 1.27. The summed E-state index contributed by atoms with van der Waals surface area (Å²) in [6, 6.07) is 8.15. The lowest BCUT2D eigenvalue weighted by Gasteiger charge is -1.93. The second kappa shape index (κ2) is 7.04. The first-order chi connectivity index (χ1) is 7.29. The Bertz CT molecular complexity index is 388. The molecule has 0 radical (unpaired) electrons. The van der Waals surface area contributed by atoms with Crippen LogP contribution >= 0.6 is 0 Å². The lowest BCUT2D eigenvalue weighted by molar-refractivity contribution is 0.886. The maximum Gasteiger partial charge on any atom is 0.106 e. The molecule has 1 aromatic carbocycles. The van der Waals surface area contributed by atoms with Crippen molar-refractivity contribution in [1.29, 1.82) is 0 Å². The SMILES string of the molecule is CC.CC.Cc1nc2ccccc2n1C. The molecule has 0 fully saturated rings. The maximum atomic E-state index is 4.38. The number of hydrogen-bond donors (Lipinski definition) is 0. The zero-order valence-electron chi connectivity index (χ0n) is 10.7. The molecule has 1 heterocycles. The van der Waals surface area contributed by atoms with Crippen LogP contribution in [0.5, 0.6) is 0 Å². The molecule has 0 aliphatic heterocycles. The minimum absolute atomic E-state index is 1.06. The third-order valence-corrected chi connectivity index (χ3v) is 2.01. The molecular weight excluding hydrogens is 184 g/mol. The number of benzene rings is 1. The number of nitrogens with zero attached hydrogens (tertiary/aromatic N) is 2. The molecule has 0 N–H and O–H groups in total. The van der Waals surface area contributed by atoms with E-state index < -0.39 is 0 Å². The smallest absolute Gasteiger partial charge is 0.106 e. The Morgan fingerprint density at radius 1 is 1.00 bits per heavy atom. The van der Waals surface area contributed by atoms with E-state index in [4.69, 9.17) is 0 Å². The zero-order valence-corrected chi connectivity index (χ0v) is 10.7. The summed E-state index contributed by atoms with van der Waals surface area (Å²) in [5, 5.41) is 0. The van der Waals surface area contributed by atoms with Gasteiger partial charge in [0.1, 0.15) is 5.82 Å². The molecule has 0 aliphatic rings. The Hall–Kier alpha value is -1.31. The van der Waals surface area contributed by atoms with Crippen LogP contribution in [-0.2, 0) is 7.05 Å². The van der Waals surface area contributed by atoms with Gasteiger partial charge in [-0.25, -0.2) is 4.98 Å². The van der Waals surface area contributed by atoms with Gasteiger partial charge in [0, 0.05) is 7.05 Å². The molecule has 2 nitrogen and oxygen atoms in total. The van der Waals surface area contributed by atoms with Gasteiger partial charge in [0.05, 0.1) is 11.0 Å². The lowest BCUT2D eigenvalue weighted by Crippen LogP contribution is -1.89. The van der Waals surface area contributed by atoms with Gasteiger partial charge in [-0.1, -0.05) is 39.8 Å². The number of aryl methyl sites for hydroxylation is 2. The summed E-state index contributed by atoms with van der Waals surface area (Å²) in [5.41, 5.74) is 2.28. The van der Waals surface area contributed by atoms with E-state index in [1.807, 2.05) is 59.9 Å². The average molecular weight is 206 g/mol. The van der Waals surface area contributed by atoms with Gasteiger partial charge in [-0.05, 0) is 19.1 Å². The Kier molecular flexibility index (Phi) is 6.43. The van der Waals surface area contributed by atoms with E-state index >= 15 is 0 Å². The number of fused-ring (bicyclic) bond motifs is 1. The van der Waals surface area contributed by atoms with Gasteiger partial charge in [-0.3, -0.25) is 0 Å². The van der Waals surface area contributed by atoms with Crippen LogP contribution in [0, 0.1) is 6.92 Å². The zero-order chi connectivity index (χ0) is 11.8. The van der Waals surface area contributed by atoms with Crippen molar-refractivity contribution in [2.24, 2.45) is 7.05 Å². The van der Waals surface area contributed by atoms with Crippen molar-refractivity contribution >= 4 is 11.0 Å². The van der Waals surface area contributed by atoms with Crippen LogP contribution in [0.4, 0.5) is 0 Å². The van der Waals surface area contributed by atoms with Gasteiger partial charge >= 0.3 is 0 Å². The van der Waals surface area contributed by atoms with Gasteiger partial charge in [0.25, 0.3) is 0 Å². The van der Waals surface area contributed by atoms with E-state index in [1.165, 1.54) is 5.52 Å². The molecule has 0 spiro atoms. The first-order valence-electron chi connectivity index (χ1n) is 5.67. The average Bonchev–Trinajstić information content (AvgIpc) is 2.61. The van der Waals surface area contributed by atoms with Crippen LogP contribution < -0.4 is 0 Å². The molecule has 2 aromatic rings. The third kappa shape index (κ3) is 3.08. The Morgan fingerprint density at radius 3 is 2.07 bits per heavy atom. The molecule has 15 heavy (non-hydrogen) atoms. The van der Waals surface area contributed by atoms with Crippen molar-refractivity contribution in [3.05, 3.63) is 30.1 Å².